The van der Waals surface area contributed by atoms with Crippen LogP contribution < -0.4 is 5.43 Å². The minimum Gasteiger partial charge on any atom is -0.461 e. The molecule has 0 unspecified atom stereocenters. The first-order valence-electron chi connectivity index (χ1n) is 8.15. The zero-order valence-corrected chi connectivity index (χ0v) is 13.9. The summed E-state index contributed by atoms with van der Waals surface area (Å²) in [6, 6.07) is 5.76. The number of carbonyl (C=O) groups excluding carboxylic acids is 1. The molecule has 0 bridgehead atoms. The Kier molecular flexibility index (Phi) is 5.23. The van der Waals surface area contributed by atoms with Crippen LogP contribution in [0, 0.1) is 5.82 Å². The van der Waals surface area contributed by atoms with Crippen LogP contribution in [0.5, 0.6) is 0 Å². The molecule has 1 aromatic heterocycles. The normalized spacial score (nSPS) is 13.7. The van der Waals surface area contributed by atoms with Gasteiger partial charge in [0.25, 0.3) is 0 Å². The first-order chi connectivity index (χ1) is 12.1. The molecule has 1 aliphatic carbocycles. The summed E-state index contributed by atoms with van der Waals surface area (Å²) < 4.78 is 24.8. The van der Waals surface area contributed by atoms with Gasteiger partial charge in [-0.05, 0) is 30.5 Å². The zero-order chi connectivity index (χ0) is 17.8. The van der Waals surface area contributed by atoms with E-state index in [0.717, 1.165) is 12.8 Å². The van der Waals surface area contributed by atoms with Crippen LogP contribution in [0.15, 0.2) is 35.3 Å². The minimum absolute atomic E-state index is 0.151. The third-order valence-electron chi connectivity index (χ3n) is 3.93. The molecule has 3 rings (SSSR count). The predicted molar refractivity (Wildman–Crippen MR) is 88.9 cm³/mol. The molecule has 0 spiro atoms. The van der Waals surface area contributed by atoms with Gasteiger partial charge in [0.1, 0.15) is 5.82 Å². The Bertz CT molecular complexity index is 813. The number of esters is 1. The summed E-state index contributed by atoms with van der Waals surface area (Å²) in [5, 5.41) is 4.16. The molecule has 0 N–H and O–H groups in total. The van der Waals surface area contributed by atoms with Gasteiger partial charge in [0.15, 0.2) is 0 Å². The molecular weight excluding hydrogens is 327 g/mol. The Balaban J connectivity index is 1.93. The number of aromatic nitrogens is 2. The van der Waals surface area contributed by atoms with Gasteiger partial charge in [0.05, 0.1) is 12.6 Å². The first kappa shape index (κ1) is 17.3. The lowest BCUT2D eigenvalue weighted by Crippen LogP contribution is -2.25. The Morgan fingerprint density at radius 3 is 2.64 bits per heavy atom. The van der Waals surface area contributed by atoms with Crippen LogP contribution in [0.4, 0.5) is 4.39 Å². The highest BCUT2D eigenvalue weighted by atomic mass is 19.1. The molecule has 0 radical (unpaired) electrons. The molecule has 0 saturated heterocycles. The number of nitrogens with zero attached hydrogens (tertiary/aromatic N) is 2. The summed E-state index contributed by atoms with van der Waals surface area (Å²) in [5.74, 6) is -1.14. The molecular formula is C18H19FN2O4. The van der Waals surface area contributed by atoms with Crippen molar-refractivity contribution in [3.8, 4) is 11.1 Å². The van der Waals surface area contributed by atoms with Crippen molar-refractivity contribution < 1.29 is 18.7 Å². The van der Waals surface area contributed by atoms with Crippen molar-refractivity contribution in [3.63, 3.8) is 0 Å². The highest BCUT2D eigenvalue weighted by molar-refractivity contribution is 5.88. The van der Waals surface area contributed by atoms with Gasteiger partial charge in [-0.1, -0.05) is 12.1 Å². The van der Waals surface area contributed by atoms with Crippen LogP contribution in [0.1, 0.15) is 35.8 Å². The molecule has 1 saturated carbocycles. The van der Waals surface area contributed by atoms with E-state index in [1.54, 1.807) is 18.0 Å². The summed E-state index contributed by atoms with van der Waals surface area (Å²) in [7, 11) is 1.56. The van der Waals surface area contributed by atoms with Gasteiger partial charge < -0.3 is 9.47 Å². The van der Waals surface area contributed by atoms with Crippen molar-refractivity contribution in [1.82, 2.24) is 9.78 Å². The second-order valence-corrected chi connectivity index (χ2v) is 5.92. The fourth-order valence-corrected chi connectivity index (χ4v) is 2.44. The van der Waals surface area contributed by atoms with Gasteiger partial charge >= 0.3 is 5.97 Å². The van der Waals surface area contributed by atoms with E-state index < -0.39 is 17.2 Å². The Morgan fingerprint density at radius 1 is 1.28 bits per heavy atom. The number of ether oxygens (including phenoxy) is 2. The predicted octanol–water partition coefficient (Wildman–Crippen LogP) is 2.58. The van der Waals surface area contributed by atoms with E-state index in [4.69, 9.17) is 9.47 Å². The van der Waals surface area contributed by atoms with Gasteiger partial charge in [-0.15, -0.1) is 0 Å². The van der Waals surface area contributed by atoms with Gasteiger partial charge in [-0.2, -0.15) is 5.10 Å². The van der Waals surface area contributed by atoms with Crippen LogP contribution in [0.2, 0.25) is 0 Å². The van der Waals surface area contributed by atoms with Crippen LogP contribution in [-0.4, -0.2) is 36.1 Å². The third-order valence-corrected chi connectivity index (χ3v) is 3.93. The maximum atomic E-state index is 13.2. The van der Waals surface area contributed by atoms with Gasteiger partial charge in [0, 0.05) is 31.9 Å². The Hall–Kier alpha value is -2.54. The van der Waals surface area contributed by atoms with E-state index in [9.17, 15) is 14.0 Å². The van der Waals surface area contributed by atoms with Crippen LogP contribution in [0.25, 0.3) is 11.1 Å². The van der Waals surface area contributed by atoms with E-state index in [0.29, 0.717) is 24.2 Å². The van der Waals surface area contributed by atoms with Gasteiger partial charge in [0.2, 0.25) is 11.1 Å². The van der Waals surface area contributed by atoms with E-state index >= 15 is 0 Å². The smallest absolute Gasteiger partial charge is 0.362 e. The lowest BCUT2D eigenvalue weighted by atomic mass is 10.1. The molecule has 0 atom stereocenters. The number of carbonyl (C=O) groups is 1. The molecule has 1 aromatic carbocycles. The summed E-state index contributed by atoms with van der Waals surface area (Å²) in [5.41, 5.74) is 0.0915. The van der Waals surface area contributed by atoms with Crippen molar-refractivity contribution >= 4 is 5.97 Å². The lowest BCUT2D eigenvalue weighted by Gasteiger charge is -2.10. The molecule has 0 amide bonds. The van der Waals surface area contributed by atoms with E-state index in [2.05, 4.69) is 5.10 Å². The fourth-order valence-electron chi connectivity index (χ4n) is 2.44. The SMILES string of the molecule is COCCCOC(=O)c1nn(C2CC2)cc(-c2ccc(F)cc2)c1=O. The molecule has 1 aliphatic rings. The highest BCUT2D eigenvalue weighted by Crippen LogP contribution is 2.34. The average Bonchev–Trinajstić information content (AvgIpc) is 3.45. The molecule has 1 fully saturated rings. The Morgan fingerprint density at radius 2 is 2.00 bits per heavy atom. The monoisotopic (exact) mass is 346 g/mol. The summed E-state index contributed by atoms with van der Waals surface area (Å²) in [6.07, 6.45) is 4.05. The second kappa shape index (κ2) is 7.57. The van der Waals surface area contributed by atoms with Crippen LogP contribution in [-0.2, 0) is 9.47 Å². The van der Waals surface area contributed by atoms with Crippen LogP contribution in [0.3, 0.4) is 0 Å². The number of benzene rings is 1. The second-order valence-electron chi connectivity index (χ2n) is 5.92. The van der Waals surface area contributed by atoms with Crippen molar-refractivity contribution in [2.75, 3.05) is 20.3 Å². The number of methoxy groups -OCH3 is 1. The zero-order valence-electron chi connectivity index (χ0n) is 13.9. The molecule has 6 nitrogen and oxygen atoms in total. The third kappa shape index (κ3) is 4.11. The van der Waals surface area contributed by atoms with Crippen molar-refractivity contribution in [2.45, 2.75) is 25.3 Å². The van der Waals surface area contributed by atoms with Gasteiger partial charge in [-0.3, -0.25) is 9.48 Å². The van der Waals surface area contributed by atoms with E-state index in [1.165, 1.54) is 24.3 Å². The Labute approximate surface area is 144 Å². The molecule has 7 heteroatoms. The van der Waals surface area contributed by atoms with E-state index in [-0.39, 0.29) is 18.3 Å². The van der Waals surface area contributed by atoms with E-state index in [1.807, 2.05) is 0 Å². The average molecular weight is 346 g/mol. The number of rotatable bonds is 7. The van der Waals surface area contributed by atoms with Crippen molar-refractivity contribution in [2.24, 2.45) is 0 Å². The first-order valence-corrected chi connectivity index (χ1v) is 8.15. The molecule has 25 heavy (non-hydrogen) atoms. The summed E-state index contributed by atoms with van der Waals surface area (Å²) in [4.78, 5) is 24.9. The highest BCUT2D eigenvalue weighted by Gasteiger charge is 2.27. The van der Waals surface area contributed by atoms with Crippen molar-refractivity contribution in [1.29, 1.82) is 0 Å². The maximum absolute atomic E-state index is 13.2. The van der Waals surface area contributed by atoms with Gasteiger partial charge in [-0.25, -0.2) is 9.18 Å². The molecule has 2 aromatic rings. The topological polar surface area (TPSA) is 70.4 Å². The number of halogens is 1. The quantitative estimate of drug-likeness (QED) is 0.569. The number of hydrogen-bond donors (Lipinski definition) is 0. The summed E-state index contributed by atoms with van der Waals surface area (Å²) >= 11 is 0. The molecule has 1 heterocycles. The largest absolute Gasteiger partial charge is 0.461 e. The minimum atomic E-state index is -0.750. The fraction of sp³-hybridized carbons (Fsp3) is 0.389. The maximum Gasteiger partial charge on any atom is 0.362 e. The van der Waals surface area contributed by atoms with Crippen molar-refractivity contribution in [3.05, 3.63) is 52.2 Å². The standard InChI is InChI=1S/C18H19FN2O4/c1-24-9-2-10-25-18(23)16-17(22)15(11-21(20-16)14-7-8-14)12-3-5-13(19)6-4-12/h3-6,11,14H,2,7-10H2,1H3. The van der Waals surface area contributed by atoms with Crippen LogP contribution >= 0.6 is 0 Å². The molecule has 132 valence electrons. The lowest BCUT2D eigenvalue weighted by molar-refractivity contribution is 0.0457. The molecule has 0 aliphatic heterocycles. The number of hydrogen-bond acceptors (Lipinski definition) is 5. The summed E-state index contributed by atoms with van der Waals surface area (Å²) in [6.45, 7) is 0.612.